The van der Waals surface area contributed by atoms with Crippen molar-refractivity contribution in [3.8, 4) is 11.4 Å². The van der Waals surface area contributed by atoms with Crippen molar-refractivity contribution in [3.05, 3.63) is 49.0 Å². The molecule has 1 unspecified atom stereocenters. The predicted molar refractivity (Wildman–Crippen MR) is 96.9 cm³/mol. The lowest BCUT2D eigenvalue weighted by Gasteiger charge is -2.17. The molecule has 0 saturated heterocycles. The molecule has 3 aromatic rings. The molecular formula is C17H14Cl2N2OS. The number of hydrogen-bond donors (Lipinski definition) is 1. The number of aromatic nitrogens is 2. The summed E-state index contributed by atoms with van der Waals surface area (Å²) in [7, 11) is 0. The summed E-state index contributed by atoms with van der Waals surface area (Å²) in [6.45, 7) is 2.26. The van der Waals surface area contributed by atoms with Gasteiger partial charge in [-0.1, -0.05) is 30.1 Å². The number of nitrogens with one attached hydrogen (secondary N) is 1. The van der Waals surface area contributed by atoms with E-state index >= 15 is 0 Å². The maximum atomic E-state index is 12.6. The van der Waals surface area contributed by atoms with E-state index in [2.05, 4.69) is 16.9 Å². The quantitative estimate of drug-likeness (QED) is 0.653. The van der Waals surface area contributed by atoms with E-state index in [0.717, 1.165) is 35.0 Å². The van der Waals surface area contributed by atoms with Crippen molar-refractivity contribution < 1.29 is 0 Å². The summed E-state index contributed by atoms with van der Waals surface area (Å²) in [6, 6.07) is 5.25. The maximum Gasteiger partial charge on any atom is 0.260 e. The number of aryl methyl sites for hydroxylation is 1. The van der Waals surface area contributed by atoms with Gasteiger partial charge in [-0.15, -0.1) is 11.3 Å². The highest BCUT2D eigenvalue weighted by Crippen LogP contribution is 2.36. The van der Waals surface area contributed by atoms with Gasteiger partial charge >= 0.3 is 0 Å². The lowest BCUT2D eigenvalue weighted by molar-refractivity contribution is 0.509. The number of nitrogens with zero attached hydrogens (tertiary/aromatic N) is 1. The first-order chi connectivity index (χ1) is 11.0. The second-order valence-electron chi connectivity index (χ2n) is 6.08. The van der Waals surface area contributed by atoms with Crippen molar-refractivity contribution in [1.29, 1.82) is 0 Å². The molecule has 2 heterocycles. The Morgan fingerprint density at radius 3 is 2.91 bits per heavy atom. The number of halogens is 2. The van der Waals surface area contributed by atoms with Gasteiger partial charge in [-0.25, -0.2) is 4.98 Å². The fourth-order valence-electron chi connectivity index (χ4n) is 3.13. The average molecular weight is 365 g/mol. The van der Waals surface area contributed by atoms with Crippen LogP contribution in [0.2, 0.25) is 10.0 Å². The second-order valence-corrected chi connectivity index (χ2v) is 7.97. The Labute approximate surface area is 147 Å². The molecule has 6 heteroatoms. The van der Waals surface area contributed by atoms with Crippen molar-refractivity contribution in [1.82, 2.24) is 9.97 Å². The smallest absolute Gasteiger partial charge is 0.260 e. The molecule has 3 nitrogen and oxygen atoms in total. The van der Waals surface area contributed by atoms with Crippen LogP contribution >= 0.6 is 34.5 Å². The third-order valence-electron chi connectivity index (χ3n) is 4.36. The molecule has 0 spiro atoms. The van der Waals surface area contributed by atoms with Gasteiger partial charge in [0.25, 0.3) is 5.56 Å². The second kappa shape index (κ2) is 5.62. The van der Waals surface area contributed by atoms with Crippen LogP contribution in [-0.4, -0.2) is 9.97 Å². The Morgan fingerprint density at radius 1 is 1.30 bits per heavy atom. The molecule has 1 atom stereocenters. The lowest BCUT2D eigenvalue weighted by Crippen LogP contribution is -2.13. The first-order valence-corrected chi connectivity index (χ1v) is 9.10. The first kappa shape index (κ1) is 15.2. The number of benzene rings is 1. The van der Waals surface area contributed by atoms with Gasteiger partial charge in [0.2, 0.25) is 0 Å². The van der Waals surface area contributed by atoms with Crippen molar-refractivity contribution in [3.63, 3.8) is 0 Å². The summed E-state index contributed by atoms with van der Waals surface area (Å²) in [5, 5.41) is 1.70. The van der Waals surface area contributed by atoms with E-state index in [4.69, 9.17) is 23.2 Å². The third kappa shape index (κ3) is 2.59. The maximum absolute atomic E-state index is 12.6. The summed E-state index contributed by atoms with van der Waals surface area (Å²) in [5.74, 6) is 1.21. The molecule has 0 fully saturated rings. The number of rotatable bonds is 1. The Kier molecular flexibility index (Phi) is 3.71. The number of thiophene rings is 1. The van der Waals surface area contributed by atoms with Gasteiger partial charge in [-0.05, 0) is 48.9 Å². The normalized spacial score (nSPS) is 17.4. The standard InChI is InChI=1S/C17H14Cl2N2OS/c1-8-2-4-10-13(6-8)23-17-14(10)16(22)20-15(21-17)9-3-5-11(18)12(19)7-9/h3,5,7-8H,2,4,6H2,1H3,(H,20,21,22). The molecule has 1 aliphatic carbocycles. The van der Waals surface area contributed by atoms with Gasteiger partial charge in [0.15, 0.2) is 0 Å². The fourth-order valence-corrected chi connectivity index (χ4v) is 4.81. The highest BCUT2D eigenvalue weighted by molar-refractivity contribution is 7.18. The van der Waals surface area contributed by atoms with Crippen LogP contribution < -0.4 is 5.56 Å². The fraction of sp³-hybridized carbons (Fsp3) is 0.294. The molecular weight excluding hydrogens is 351 g/mol. The molecule has 0 saturated carbocycles. The lowest BCUT2D eigenvalue weighted by atomic mass is 9.89. The molecule has 1 aromatic carbocycles. The van der Waals surface area contributed by atoms with Gasteiger partial charge in [-0.3, -0.25) is 4.79 Å². The van der Waals surface area contributed by atoms with Crippen LogP contribution in [-0.2, 0) is 12.8 Å². The van der Waals surface area contributed by atoms with Crippen LogP contribution in [0.25, 0.3) is 21.6 Å². The number of fused-ring (bicyclic) bond motifs is 3. The van der Waals surface area contributed by atoms with Crippen LogP contribution in [0.3, 0.4) is 0 Å². The molecule has 0 amide bonds. The molecule has 1 N–H and O–H groups in total. The minimum atomic E-state index is -0.0666. The topological polar surface area (TPSA) is 45.8 Å². The molecule has 0 aliphatic heterocycles. The summed E-state index contributed by atoms with van der Waals surface area (Å²) in [4.78, 5) is 22.3. The highest BCUT2D eigenvalue weighted by Gasteiger charge is 2.23. The molecule has 1 aliphatic rings. The van der Waals surface area contributed by atoms with E-state index in [1.807, 2.05) is 6.07 Å². The Morgan fingerprint density at radius 2 is 2.13 bits per heavy atom. The van der Waals surface area contributed by atoms with Crippen LogP contribution in [0.15, 0.2) is 23.0 Å². The van der Waals surface area contributed by atoms with Gasteiger partial charge < -0.3 is 4.98 Å². The van der Waals surface area contributed by atoms with Crippen molar-refractivity contribution in [2.75, 3.05) is 0 Å². The largest absolute Gasteiger partial charge is 0.306 e. The summed E-state index contributed by atoms with van der Waals surface area (Å²) >= 11 is 13.7. The Bertz CT molecular complexity index is 977. The predicted octanol–water partition coefficient (Wildman–Crippen LogP) is 5.08. The highest BCUT2D eigenvalue weighted by atomic mass is 35.5. The van der Waals surface area contributed by atoms with E-state index in [9.17, 15) is 4.79 Å². The average Bonchev–Trinajstić information content (AvgIpc) is 2.87. The summed E-state index contributed by atoms with van der Waals surface area (Å²) in [6.07, 6.45) is 3.14. The zero-order chi connectivity index (χ0) is 16.1. The van der Waals surface area contributed by atoms with Crippen LogP contribution in [0.4, 0.5) is 0 Å². The van der Waals surface area contributed by atoms with Crippen molar-refractivity contribution in [2.24, 2.45) is 5.92 Å². The first-order valence-electron chi connectivity index (χ1n) is 7.53. The van der Waals surface area contributed by atoms with E-state index < -0.39 is 0 Å². The van der Waals surface area contributed by atoms with E-state index in [0.29, 0.717) is 21.8 Å². The molecule has 0 bridgehead atoms. The monoisotopic (exact) mass is 364 g/mol. The number of hydrogen-bond acceptors (Lipinski definition) is 3. The molecule has 2 aromatic heterocycles. The molecule has 23 heavy (non-hydrogen) atoms. The van der Waals surface area contributed by atoms with Crippen LogP contribution in [0, 0.1) is 5.92 Å². The van der Waals surface area contributed by atoms with Gasteiger partial charge in [0.1, 0.15) is 10.7 Å². The van der Waals surface area contributed by atoms with Crippen LogP contribution in [0.5, 0.6) is 0 Å². The zero-order valence-corrected chi connectivity index (χ0v) is 14.8. The summed E-state index contributed by atoms with van der Waals surface area (Å²) < 4.78 is 0. The van der Waals surface area contributed by atoms with Crippen LogP contribution in [0.1, 0.15) is 23.8 Å². The number of aromatic amines is 1. The minimum Gasteiger partial charge on any atom is -0.306 e. The van der Waals surface area contributed by atoms with E-state index in [1.54, 1.807) is 23.5 Å². The van der Waals surface area contributed by atoms with E-state index in [1.165, 1.54) is 10.4 Å². The van der Waals surface area contributed by atoms with Crippen molar-refractivity contribution in [2.45, 2.75) is 26.2 Å². The SMILES string of the molecule is CC1CCc2c(sc3nc(-c4ccc(Cl)c(Cl)c4)[nH]c(=O)c23)C1. The summed E-state index contributed by atoms with van der Waals surface area (Å²) in [5.41, 5.74) is 1.89. The zero-order valence-electron chi connectivity index (χ0n) is 12.5. The van der Waals surface area contributed by atoms with Crippen molar-refractivity contribution >= 4 is 44.8 Å². The van der Waals surface area contributed by atoms with Gasteiger partial charge in [0.05, 0.1) is 15.4 Å². The minimum absolute atomic E-state index is 0.0666. The molecule has 4 rings (SSSR count). The number of H-pyrrole nitrogens is 1. The van der Waals surface area contributed by atoms with Gasteiger partial charge in [0, 0.05) is 10.4 Å². The Hall–Kier alpha value is -1.36. The van der Waals surface area contributed by atoms with E-state index in [-0.39, 0.29) is 5.56 Å². The molecule has 118 valence electrons. The molecule has 0 radical (unpaired) electrons. The van der Waals surface area contributed by atoms with Gasteiger partial charge in [-0.2, -0.15) is 0 Å². The third-order valence-corrected chi connectivity index (χ3v) is 6.25. The Balaban J connectivity index is 1.90.